The summed E-state index contributed by atoms with van der Waals surface area (Å²) in [7, 11) is 0. The summed E-state index contributed by atoms with van der Waals surface area (Å²) in [4.78, 5) is 0. The highest BCUT2D eigenvalue weighted by Gasteiger charge is 2.21. The summed E-state index contributed by atoms with van der Waals surface area (Å²) in [6.45, 7) is 18.7. The molecule has 0 radical (unpaired) electrons. The van der Waals surface area contributed by atoms with Crippen molar-refractivity contribution in [3.8, 4) is 0 Å². The van der Waals surface area contributed by atoms with Crippen LogP contribution in [0.15, 0.2) is 0 Å². The Bertz CT molecular complexity index is 182. The highest BCUT2D eigenvalue weighted by Crippen LogP contribution is 2.31. The van der Waals surface area contributed by atoms with E-state index in [-0.39, 0.29) is 0 Å². The topological polar surface area (TPSA) is 12.0 Å². The maximum absolute atomic E-state index is 3.55. The van der Waals surface area contributed by atoms with E-state index in [0.717, 1.165) is 24.3 Å². The lowest BCUT2D eigenvalue weighted by molar-refractivity contribution is 0.234. The predicted octanol–water partition coefficient (Wildman–Crippen LogP) is 4.72. The molecule has 0 spiro atoms. The molecule has 1 nitrogen and oxygen atoms in total. The number of nitrogens with one attached hydrogen (secondary N) is 1. The average molecular weight is 241 g/mol. The van der Waals surface area contributed by atoms with Crippen molar-refractivity contribution in [2.75, 3.05) is 13.1 Å². The molecule has 0 rings (SSSR count). The minimum atomic E-state index is 0.484. The number of hydrogen-bond donors (Lipinski definition) is 1. The second-order valence-corrected chi connectivity index (χ2v) is 7.45. The molecule has 0 aromatic carbocycles. The third kappa shape index (κ3) is 10.8. The number of hydrogen-bond acceptors (Lipinski definition) is 1. The van der Waals surface area contributed by atoms with Gasteiger partial charge in [-0.3, -0.25) is 0 Å². The Morgan fingerprint density at radius 2 is 1.53 bits per heavy atom. The van der Waals surface area contributed by atoms with E-state index in [1.807, 2.05) is 0 Å². The Balaban J connectivity index is 3.78. The van der Waals surface area contributed by atoms with Gasteiger partial charge in [-0.1, -0.05) is 48.5 Å². The lowest BCUT2D eigenvalue weighted by atomic mass is 9.78. The zero-order valence-corrected chi connectivity index (χ0v) is 13.3. The van der Waals surface area contributed by atoms with Crippen molar-refractivity contribution < 1.29 is 0 Å². The molecule has 0 aromatic rings. The van der Waals surface area contributed by atoms with E-state index >= 15 is 0 Å². The molecule has 0 saturated heterocycles. The molecule has 0 heterocycles. The second-order valence-electron chi connectivity index (χ2n) is 7.45. The van der Waals surface area contributed by atoms with Crippen molar-refractivity contribution in [3.63, 3.8) is 0 Å². The van der Waals surface area contributed by atoms with Gasteiger partial charge < -0.3 is 5.32 Å². The van der Waals surface area contributed by atoms with Crippen molar-refractivity contribution in [2.45, 2.75) is 67.7 Å². The van der Waals surface area contributed by atoms with E-state index in [1.165, 1.54) is 25.8 Å². The van der Waals surface area contributed by atoms with Gasteiger partial charge in [0.05, 0.1) is 0 Å². The van der Waals surface area contributed by atoms with Gasteiger partial charge in [-0.05, 0) is 55.5 Å². The van der Waals surface area contributed by atoms with Crippen LogP contribution in [0.25, 0.3) is 0 Å². The van der Waals surface area contributed by atoms with Gasteiger partial charge in [0.1, 0.15) is 0 Å². The molecule has 0 aliphatic carbocycles. The minimum absolute atomic E-state index is 0.484. The Morgan fingerprint density at radius 3 is 2.00 bits per heavy atom. The lowest BCUT2D eigenvalue weighted by Gasteiger charge is -2.29. The van der Waals surface area contributed by atoms with Gasteiger partial charge in [-0.25, -0.2) is 0 Å². The molecule has 17 heavy (non-hydrogen) atoms. The van der Waals surface area contributed by atoms with Crippen molar-refractivity contribution in [1.29, 1.82) is 0 Å². The summed E-state index contributed by atoms with van der Waals surface area (Å²) in [6.07, 6.45) is 4.01. The van der Waals surface area contributed by atoms with Gasteiger partial charge in [-0.15, -0.1) is 0 Å². The first-order valence-electron chi connectivity index (χ1n) is 7.43. The highest BCUT2D eigenvalue weighted by molar-refractivity contribution is 4.73. The fraction of sp³-hybridized carbons (Fsp3) is 1.00. The molecule has 0 fully saturated rings. The maximum Gasteiger partial charge on any atom is -0.00258 e. The Hall–Kier alpha value is -0.0400. The van der Waals surface area contributed by atoms with Crippen LogP contribution in [0.5, 0.6) is 0 Å². The van der Waals surface area contributed by atoms with E-state index in [9.17, 15) is 0 Å². The largest absolute Gasteiger partial charge is 0.316 e. The number of rotatable bonds is 9. The van der Waals surface area contributed by atoms with Crippen LogP contribution < -0.4 is 5.32 Å². The SMILES string of the molecule is CC(C)CNCCC(C)(C)CC(C)CC(C)C. The molecule has 0 aromatic heterocycles. The Morgan fingerprint density at radius 1 is 0.941 bits per heavy atom. The summed E-state index contributed by atoms with van der Waals surface area (Å²) >= 11 is 0. The summed E-state index contributed by atoms with van der Waals surface area (Å²) in [5, 5.41) is 3.55. The zero-order valence-electron chi connectivity index (χ0n) is 13.3. The van der Waals surface area contributed by atoms with Gasteiger partial charge in [-0.2, -0.15) is 0 Å². The zero-order chi connectivity index (χ0) is 13.5. The third-order valence-electron chi connectivity index (χ3n) is 3.31. The molecule has 0 amide bonds. The monoisotopic (exact) mass is 241 g/mol. The van der Waals surface area contributed by atoms with Crippen LogP contribution in [-0.4, -0.2) is 13.1 Å². The van der Waals surface area contributed by atoms with Gasteiger partial charge in [0.15, 0.2) is 0 Å². The summed E-state index contributed by atoms with van der Waals surface area (Å²) in [5.74, 6) is 2.45. The second kappa shape index (κ2) is 8.13. The predicted molar refractivity (Wildman–Crippen MR) is 79.3 cm³/mol. The van der Waals surface area contributed by atoms with Crippen molar-refractivity contribution in [2.24, 2.45) is 23.2 Å². The van der Waals surface area contributed by atoms with Crippen LogP contribution in [-0.2, 0) is 0 Å². The van der Waals surface area contributed by atoms with Crippen LogP contribution >= 0.6 is 0 Å². The third-order valence-corrected chi connectivity index (χ3v) is 3.31. The average Bonchev–Trinajstić information content (AvgIpc) is 2.09. The molecule has 0 aliphatic heterocycles. The van der Waals surface area contributed by atoms with Crippen molar-refractivity contribution >= 4 is 0 Å². The standard InChI is InChI=1S/C16H35N/c1-13(2)10-15(5)11-16(6,7)8-9-17-12-14(3)4/h13-15,17H,8-12H2,1-7H3. The van der Waals surface area contributed by atoms with Crippen molar-refractivity contribution in [3.05, 3.63) is 0 Å². The Labute approximate surface area is 110 Å². The van der Waals surface area contributed by atoms with E-state index < -0.39 is 0 Å². The molecule has 0 aliphatic rings. The molecular weight excluding hydrogens is 206 g/mol. The molecular formula is C16H35N. The van der Waals surface area contributed by atoms with E-state index in [4.69, 9.17) is 0 Å². The molecule has 1 unspecified atom stereocenters. The van der Waals surface area contributed by atoms with E-state index in [1.54, 1.807) is 0 Å². The first-order valence-corrected chi connectivity index (χ1v) is 7.43. The van der Waals surface area contributed by atoms with Gasteiger partial charge in [0, 0.05) is 0 Å². The van der Waals surface area contributed by atoms with Crippen LogP contribution in [0.1, 0.15) is 67.7 Å². The first-order chi connectivity index (χ1) is 7.73. The van der Waals surface area contributed by atoms with Gasteiger partial charge in [0.2, 0.25) is 0 Å². The molecule has 1 atom stereocenters. The summed E-state index contributed by atoms with van der Waals surface area (Å²) in [6, 6.07) is 0. The normalized spacial score (nSPS) is 14.6. The fourth-order valence-electron chi connectivity index (χ4n) is 2.75. The van der Waals surface area contributed by atoms with Gasteiger partial charge >= 0.3 is 0 Å². The quantitative estimate of drug-likeness (QED) is 0.576. The summed E-state index contributed by atoms with van der Waals surface area (Å²) in [5.41, 5.74) is 0.484. The molecule has 0 saturated carbocycles. The minimum Gasteiger partial charge on any atom is -0.316 e. The lowest BCUT2D eigenvalue weighted by Crippen LogP contribution is -2.26. The fourth-order valence-corrected chi connectivity index (χ4v) is 2.75. The van der Waals surface area contributed by atoms with Gasteiger partial charge in [0.25, 0.3) is 0 Å². The smallest absolute Gasteiger partial charge is 0.00258 e. The molecule has 0 bridgehead atoms. The first kappa shape index (κ1) is 17.0. The van der Waals surface area contributed by atoms with Crippen LogP contribution in [0, 0.1) is 23.2 Å². The summed E-state index contributed by atoms with van der Waals surface area (Å²) < 4.78 is 0. The van der Waals surface area contributed by atoms with E-state index in [0.29, 0.717) is 5.41 Å². The molecule has 1 N–H and O–H groups in total. The Kier molecular flexibility index (Phi) is 8.11. The molecule has 1 heteroatoms. The van der Waals surface area contributed by atoms with Crippen LogP contribution in [0.2, 0.25) is 0 Å². The maximum atomic E-state index is 3.55. The van der Waals surface area contributed by atoms with E-state index in [2.05, 4.69) is 53.8 Å². The highest BCUT2D eigenvalue weighted by atomic mass is 14.8. The van der Waals surface area contributed by atoms with Crippen molar-refractivity contribution in [1.82, 2.24) is 5.32 Å². The van der Waals surface area contributed by atoms with Crippen LogP contribution in [0.4, 0.5) is 0 Å². The molecule has 104 valence electrons. The van der Waals surface area contributed by atoms with Crippen LogP contribution in [0.3, 0.4) is 0 Å².